The molecule has 1 saturated carbocycles. The highest BCUT2D eigenvalue weighted by Gasteiger charge is 2.21. The first kappa shape index (κ1) is 17.7. The third-order valence-corrected chi connectivity index (χ3v) is 6.74. The molecule has 28 heavy (non-hydrogen) atoms. The summed E-state index contributed by atoms with van der Waals surface area (Å²) in [5.74, 6) is 4.20. The van der Waals surface area contributed by atoms with Crippen LogP contribution in [0.15, 0.2) is 23.6 Å². The SMILES string of the molecule is Cc1csc2nc(C3CCCCC3)nc(NCCc3ccc4c(c3)OCO4)c12. The maximum Gasteiger partial charge on any atom is 0.231 e. The van der Waals surface area contributed by atoms with Crippen molar-refractivity contribution in [3.63, 3.8) is 0 Å². The molecule has 1 aromatic carbocycles. The highest BCUT2D eigenvalue weighted by Crippen LogP contribution is 2.36. The first-order valence-electron chi connectivity index (χ1n) is 10.2. The van der Waals surface area contributed by atoms with Gasteiger partial charge in [0.15, 0.2) is 11.5 Å². The third kappa shape index (κ3) is 3.41. The lowest BCUT2D eigenvalue weighted by molar-refractivity contribution is 0.174. The topological polar surface area (TPSA) is 56.3 Å². The Bertz CT molecular complexity index is 995. The van der Waals surface area contributed by atoms with E-state index < -0.39 is 0 Å². The number of hydrogen-bond acceptors (Lipinski definition) is 6. The van der Waals surface area contributed by atoms with E-state index >= 15 is 0 Å². The number of nitrogens with zero attached hydrogens (tertiary/aromatic N) is 2. The molecular weight excluding hydrogens is 370 g/mol. The lowest BCUT2D eigenvalue weighted by Crippen LogP contribution is -2.12. The van der Waals surface area contributed by atoms with Crippen molar-refractivity contribution in [2.75, 3.05) is 18.7 Å². The molecule has 3 heterocycles. The van der Waals surface area contributed by atoms with E-state index in [1.807, 2.05) is 6.07 Å². The quantitative estimate of drug-likeness (QED) is 0.624. The molecule has 1 aliphatic heterocycles. The van der Waals surface area contributed by atoms with E-state index in [2.05, 4.69) is 29.8 Å². The molecule has 0 atom stereocenters. The lowest BCUT2D eigenvalue weighted by Gasteiger charge is -2.21. The number of anilines is 1. The Labute approximate surface area is 169 Å². The van der Waals surface area contributed by atoms with Gasteiger partial charge in [-0.1, -0.05) is 25.3 Å². The number of ether oxygens (including phenoxy) is 2. The van der Waals surface area contributed by atoms with Crippen LogP contribution in [0.4, 0.5) is 5.82 Å². The van der Waals surface area contributed by atoms with Crippen LogP contribution in [0, 0.1) is 6.92 Å². The van der Waals surface area contributed by atoms with Crippen LogP contribution < -0.4 is 14.8 Å². The van der Waals surface area contributed by atoms with Crippen LogP contribution >= 0.6 is 11.3 Å². The summed E-state index contributed by atoms with van der Waals surface area (Å²) in [4.78, 5) is 11.0. The van der Waals surface area contributed by atoms with Crippen LogP contribution in [-0.2, 0) is 6.42 Å². The second-order valence-corrected chi connectivity index (χ2v) is 8.59. The summed E-state index contributed by atoms with van der Waals surface area (Å²) in [5, 5.41) is 6.96. The van der Waals surface area contributed by atoms with Gasteiger partial charge in [0, 0.05) is 12.5 Å². The van der Waals surface area contributed by atoms with Crippen molar-refractivity contribution in [2.24, 2.45) is 0 Å². The summed E-state index contributed by atoms with van der Waals surface area (Å²) in [6.07, 6.45) is 7.27. The second-order valence-electron chi connectivity index (χ2n) is 7.73. The maximum absolute atomic E-state index is 5.49. The number of rotatable bonds is 5. The monoisotopic (exact) mass is 395 g/mol. The average molecular weight is 396 g/mol. The Balaban J connectivity index is 1.36. The molecule has 0 saturated heterocycles. The first-order chi connectivity index (χ1) is 13.8. The third-order valence-electron chi connectivity index (χ3n) is 5.75. The van der Waals surface area contributed by atoms with Crippen LogP contribution in [0.25, 0.3) is 10.2 Å². The predicted octanol–water partition coefficient (Wildman–Crippen LogP) is 5.43. The number of fused-ring (bicyclic) bond motifs is 2. The van der Waals surface area contributed by atoms with E-state index in [0.717, 1.165) is 40.9 Å². The fourth-order valence-electron chi connectivity index (χ4n) is 4.19. The number of aromatic nitrogens is 2. The minimum atomic E-state index is 0.317. The molecule has 0 unspecified atom stereocenters. The summed E-state index contributed by atoms with van der Waals surface area (Å²) >= 11 is 1.73. The molecular formula is C22H25N3O2S. The number of nitrogens with one attached hydrogen (secondary N) is 1. The van der Waals surface area contributed by atoms with Gasteiger partial charge in [-0.25, -0.2) is 9.97 Å². The molecule has 5 rings (SSSR count). The molecule has 1 N–H and O–H groups in total. The van der Waals surface area contributed by atoms with Gasteiger partial charge in [0.25, 0.3) is 0 Å². The molecule has 0 radical (unpaired) electrons. The largest absolute Gasteiger partial charge is 0.454 e. The second kappa shape index (κ2) is 7.59. The first-order valence-corrected chi connectivity index (χ1v) is 11.0. The van der Waals surface area contributed by atoms with Crippen LogP contribution in [0.5, 0.6) is 11.5 Å². The Kier molecular flexibility index (Phi) is 4.81. The van der Waals surface area contributed by atoms with Gasteiger partial charge in [0.1, 0.15) is 16.5 Å². The van der Waals surface area contributed by atoms with E-state index in [9.17, 15) is 0 Å². The summed E-state index contributed by atoms with van der Waals surface area (Å²) in [6, 6.07) is 6.17. The van der Waals surface area contributed by atoms with E-state index in [1.54, 1.807) is 11.3 Å². The fourth-order valence-corrected chi connectivity index (χ4v) is 5.12. The van der Waals surface area contributed by atoms with Gasteiger partial charge in [0.05, 0.1) is 5.39 Å². The van der Waals surface area contributed by atoms with Crippen LogP contribution in [-0.4, -0.2) is 23.3 Å². The van der Waals surface area contributed by atoms with Gasteiger partial charge in [-0.3, -0.25) is 0 Å². The zero-order chi connectivity index (χ0) is 18.9. The summed E-state index contributed by atoms with van der Waals surface area (Å²) in [7, 11) is 0. The van der Waals surface area contributed by atoms with Crippen molar-refractivity contribution in [2.45, 2.75) is 51.4 Å². The minimum Gasteiger partial charge on any atom is -0.454 e. The van der Waals surface area contributed by atoms with Gasteiger partial charge in [0.2, 0.25) is 6.79 Å². The summed E-state index contributed by atoms with van der Waals surface area (Å²) < 4.78 is 10.9. The highest BCUT2D eigenvalue weighted by molar-refractivity contribution is 7.17. The van der Waals surface area contributed by atoms with Crippen molar-refractivity contribution >= 4 is 27.4 Å². The average Bonchev–Trinajstić information content (AvgIpc) is 3.35. The standard InChI is InChI=1S/C22H25N3O2S/c1-14-12-28-22-19(14)21(24-20(25-22)16-5-3-2-4-6-16)23-10-9-15-7-8-17-18(11-15)27-13-26-17/h7-8,11-12,16H,2-6,9-10,13H2,1H3,(H,23,24,25). The molecule has 1 aliphatic carbocycles. The van der Waals surface area contributed by atoms with Crippen molar-refractivity contribution in [3.8, 4) is 11.5 Å². The summed E-state index contributed by atoms with van der Waals surface area (Å²) in [6.45, 7) is 3.29. The lowest BCUT2D eigenvalue weighted by atomic mass is 9.88. The molecule has 146 valence electrons. The van der Waals surface area contributed by atoms with Crippen molar-refractivity contribution in [3.05, 3.63) is 40.5 Å². The minimum absolute atomic E-state index is 0.317. The molecule has 0 amide bonds. The molecule has 6 heteroatoms. The molecule has 0 spiro atoms. The van der Waals surface area contributed by atoms with Gasteiger partial charge in [-0.05, 0) is 54.8 Å². The van der Waals surface area contributed by atoms with E-state index in [0.29, 0.717) is 12.7 Å². The van der Waals surface area contributed by atoms with Gasteiger partial charge in [-0.15, -0.1) is 11.3 Å². The molecule has 2 aliphatic rings. The fraction of sp³-hybridized carbons (Fsp3) is 0.455. The van der Waals surface area contributed by atoms with Crippen molar-refractivity contribution in [1.82, 2.24) is 9.97 Å². The highest BCUT2D eigenvalue weighted by atomic mass is 32.1. The predicted molar refractivity (Wildman–Crippen MR) is 113 cm³/mol. The van der Waals surface area contributed by atoms with E-state index in [4.69, 9.17) is 19.4 Å². The normalized spacial score (nSPS) is 16.6. The maximum atomic E-state index is 5.49. The zero-order valence-corrected chi connectivity index (χ0v) is 17.0. The molecule has 3 aromatic rings. The Hall–Kier alpha value is -2.34. The van der Waals surface area contributed by atoms with E-state index in [-0.39, 0.29) is 0 Å². The van der Waals surface area contributed by atoms with Crippen molar-refractivity contribution < 1.29 is 9.47 Å². The van der Waals surface area contributed by atoms with Crippen LogP contribution in [0.3, 0.4) is 0 Å². The number of thiophene rings is 1. The van der Waals surface area contributed by atoms with E-state index in [1.165, 1.54) is 48.6 Å². The molecule has 2 aromatic heterocycles. The van der Waals surface area contributed by atoms with Gasteiger partial charge in [-0.2, -0.15) is 0 Å². The smallest absolute Gasteiger partial charge is 0.231 e. The van der Waals surface area contributed by atoms with Crippen molar-refractivity contribution in [1.29, 1.82) is 0 Å². The Morgan fingerprint density at radius 1 is 1.11 bits per heavy atom. The van der Waals surface area contributed by atoms with Gasteiger partial charge < -0.3 is 14.8 Å². The van der Waals surface area contributed by atoms with Crippen LogP contribution in [0.1, 0.15) is 55.0 Å². The Morgan fingerprint density at radius 3 is 2.86 bits per heavy atom. The molecule has 5 nitrogen and oxygen atoms in total. The number of hydrogen-bond donors (Lipinski definition) is 1. The molecule has 0 bridgehead atoms. The number of aryl methyl sites for hydroxylation is 1. The zero-order valence-electron chi connectivity index (χ0n) is 16.2. The van der Waals surface area contributed by atoms with Crippen LogP contribution in [0.2, 0.25) is 0 Å². The number of benzene rings is 1. The Morgan fingerprint density at radius 2 is 1.96 bits per heavy atom. The summed E-state index contributed by atoms with van der Waals surface area (Å²) in [5.41, 5.74) is 2.48. The molecule has 1 fully saturated rings. The van der Waals surface area contributed by atoms with Gasteiger partial charge >= 0.3 is 0 Å².